The van der Waals surface area contributed by atoms with Gasteiger partial charge in [0.1, 0.15) is 0 Å². The van der Waals surface area contributed by atoms with Crippen LogP contribution < -0.4 is 0 Å². The van der Waals surface area contributed by atoms with Crippen molar-refractivity contribution >= 4 is 0 Å². The van der Waals surface area contributed by atoms with Crippen LogP contribution in [0.4, 0.5) is 0 Å². The molecule has 0 radical (unpaired) electrons. The molecule has 2 heteroatoms. The quantitative estimate of drug-likeness (QED) is 0.459. The van der Waals surface area contributed by atoms with E-state index in [1.54, 1.807) is 5.57 Å². The molecular formula is C29H48O2. The van der Waals surface area contributed by atoms with Gasteiger partial charge in [0, 0.05) is 12.0 Å². The monoisotopic (exact) mass is 428 g/mol. The molecule has 0 aliphatic heterocycles. The van der Waals surface area contributed by atoms with E-state index in [4.69, 9.17) is 0 Å². The van der Waals surface area contributed by atoms with Crippen molar-refractivity contribution in [2.45, 2.75) is 111 Å². The Labute approximate surface area is 191 Å². The fourth-order valence-corrected chi connectivity index (χ4v) is 9.87. The molecule has 5 aliphatic rings. The van der Waals surface area contributed by atoms with Gasteiger partial charge in [0.15, 0.2) is 0 Å². The van der Waals surface area contributed by atoms with Crippen LogP contribution in [0.3, 0.4) is 0 Å². The normalized spacial score (nSPS) is 47.2. The molecule has 9 atom stereocenters. The maximum absolute atomic E-state index is 10.8. The van der Waals surface area contributed by atoms with E-state index >= 15 is 0 Å². The summed E-state index contributed by atoms with van der Waals surface area (Å²) in [6, 6.07) is 0. The van der Waals surface area contributed by atoms with Crippen LogP contribution in [0, 0.1) is 51.8 Å². The molecule has 0 aromatic rings. The Morgan fingerprint density at radius 2 is 1.74 bits per heavy atom. The molecule has 176 valence electrons. The van der Waals surface area contributed by atoms with E-state index in [9.17, 15) is 10.2 Å². The maximum atomic E-state index is 10.8. The smallest absolute Gasteiger partial charge is 0.0634 e. The molecule has 31 heavy (non-hydrogen) atoms. The van der Waals surface area contributed by atoms with Gasteiger partial charge in [-0.1, -0.05) is 52.2 Å². The Bertz CT molecular complexity index is 708. The van der Waals surface area contributed by atoms with E-state index in [1.165, 1.54) is 70.6 Å². The molecule has 5 rings (SSSR count). The summed E-state index contributed by atoms with van der Waals surface area (Å²) in [6.45, 7) is 10.3. The molecule has 5 aliphatic carbocycles. The first-order valence-corrected chi connectivity index (χ1v) is 13.8. The van der Waals surface area contributed by atoms with Gasteiger partial charge in [0.05, 0.1) is 6.10 Å². The van der Waals surface area contributed by atoms with Crippen LogP contribution in [0.25, 0.3) is 0 Å². The number of aliphatic hydroxyl groups is 2. The van der Waals surface area contributed by atoms with Gasteiger partial charge in [0.25, 0.3) is 0 Å². The molecule has 2 N–H and O–H groups in total. The van der Waals surface area contributed by atoms with E-state index in [0.29, 0.717) is 23.4 Å². The van der Waals surface area contributed by atoms with Gasteiger partial charge < -0.3 is 10.2 Å². The van der Waals surface area contributed by atoms with Crippen LogP contribution in [0.5, 0.6) is 0 Å². The highest BCUT2D eigenvalue weighted by molar-refractivity contribution is 5.36. The van der Waals surface area contributed by atoms with E-state index in [0.717, 1.165) is 36.0 Å². The van der Waals surface area contributed by atoms with Crippen LogP contribution in [-0.4, -0.2) is 22.9 Å². The second kappa shape index (κ2) is 7.86. The molecule has 0 saturated heterocycles. The Morgan fingerprint density at radius 3 is 2.45 bits per heavy atom. The summed E-state index contributed by atoms with van der Waals surface area (Å²) >= 11 is 0. The minimum Gasteiger partial charge on any atom is -0.396 e. The summed E-state index contributed by atoms with van der Waals surface area (Å²) in [6.07, 6.45) is 18.2. The fourth-order valence-electron chi connectivity index (χ4n) is 9.87. The maximum Gasteiger partial charge on any atom is 0.0634 e. The van der Waals surface area contributed by atoms with Crippen molar-refractivity contribution in [1.82, 2.24) is 0 Å². The van der Waals surface area contributed by atoms with Crippen molar-refractivity contribution in [2.75, 3.05) is 6.61 Å². The number of hydrogen-bond donors (Lipinski definition) is 2. The van der Waals surface area contributed by atoms with Crippen molar-refractivity contribution in [3.8, 4) is 0 Å². The SMILES string of the molecule is C[C@H](CO)CCC[C@@H](C)[C@H]1CC[C@H]2[C@@H]3CC=C4C5(CC5)[C@@H](O)CC[C@]4(C)[C@H]3CC[C@]12C. The number of hydrogen-bond acceptors (Lipinski definition) is 2. The molecule has 0 bridgehead atoms. The third kappa shape index (κ3) is 3.32. The second-order valence-electron chi connectivity index (χ2n) is 13.3. The minimum atomic E-state index is -0.0671. The molecule has 4 fully saturated rings. The first kappa shape index (κ1) is 22.5. The van der Waals surface area contributed by atoms with Crippen LogP contribution in [0.1, 0.15) is 105 Å². The van der Waals surface area contributed by atoms with E-state index in [2.05, 4.69) is 33.8 Å². The number of rotatable bonds is 6. The first-order valence-electron chi connectivity index (χ1n) is 13.8. The van der Waals surface area contributed by atoms with Crippen molar-refractivity contribution in [3.63, 3.8) is 0 Å². The summed E-state index contributed by atoms with van der Waals surface area (Å²) < 4.78 is 0. The zero-order valence-corrected chi connectivity index (χ0v) is 20.7. The summed E-state index contributed by atoms with van der Waals surface area (Å²) in [5.74, 6) is 4.82. The summed E-state index contributed by atoms with van der Waals surface area (Å²) in [7, 11) is 0. The van der Waals surface area contributed by atoms with Gasteiger partial charge >= 0.3 is 0 Å². The highest BCUT2D eigenvalue weighted by Gasteiger charge is 2.65. The lowest BCUT2D eigenvalue weighted by molar-refractivity contribution is -0.0691. The van der Waals surface area contributed by atoms with Gasteiger partial charge in [0.2, 0.25) is 0 Å². The average Bonchev–Trinajstić information content (AvgIpc) is 3.45. The molecule has 0 aromatic carbocycles. The Balaban J connectivity index is 1.32. The summed E-state index contributed by atoms with van der Waals surface area (Å²) in [5.41, 5.74) is 2.79. The first-order chi connectivity index (χ1) is 14.8. The molecule has 4 saturated carbocycles. The topological polar surface area (TPSA) is 40.5 Å². The largest absolute Gasteiger partial charge is 0.396 e. The number of fused-ring (bicyclic) bond motifs is 6. The molecule has 0 amide bonds. The summed E-state index contributed by atoms with van der Waals surface area (Å²) in [4.78, 5) is 0. The Kier molecular flexibility index (Phi) is 5.70. The highest BCUT2D eigenvalue weighted by Crippen LogP contribution is 2.72. The second-order valence-corrected chi connectivity index (χ2v) is 13.3. The van der Waals surface area contributed by atoms with Crippen molar-refractivity contribution in [3.05, 3.63) is 11.6 Å². The van der Waals surface area contributed by atoms with Crippen molar-refractivity contribution in [2.24, 2.45) is 51.8 Å². The van der Waals surface area contributed by atoms with E-state index in [-0.39, 0.29) is 11.5 Å². The molecule has 0 heterocycles. The predicted molar refractivity (Wildman–Crippen MR) is 128 cm³/mol. The van der Waals surface area contributed by atoms with Gasteiger partial charge in [-0.2, -0.15) is 0 Å². The van der Waals surface area contributed by atoms with Crippen LogP contribution in [0.2, 0.25) is 0 Å². The van der Waals surface area contributed by atoms with Gasteiger partial charge in [-0.25, -0.2) is 0 Å². The van der Waals surface area contributed by atoms with Gasteiger partial charge in [-0.05, 0) is 111 Å². The standard InChI is InChI=1S/C29H48O2/c1-19(18-30)6-5-7-20(2)22-9-10-23-21-8-11-25-28(4,24(21)12-14-27(22,23)3)15-13-26(31)29(25)16-17-29/h11,19-24,26,30-31H,5-10,12-18H2,1-4H3/t19-,20+,21-,22+,23-,24-,26-,27+,28+/m0/s1. The number of allylic oxidation sites excluding steroid dienone is 1. The van der Waals surface area contributed by atoms with E-state index < -0.39 is 0 Å². The molecule has 0 aromatic heterocycles. The van der Waals surface area contributed by atoms with Crippen LogP contribution in [0.15, 0.2) is 11.6 Å². The third-order valence-corrected chi connectivity index (χ3v) is 11.8. The predicted octanol–water partition coefficient (Wildman–Crippen LogP) is 6.75. The third-order valence-electron chi connectivity index (χ3n) is 11.8. The number of aliphatic hydroxyl groups excluding tert-OH is 2. The molecular weight excluding hydrogens is 380 g/mol. The average molecular weight is 429 g/mol. The Morgan fingerprint density at radius 1 is 0.968 bits per heavy atom. The minimum absolute atomic E-state index is 0.0671. The van der Waals surface area contributed by atoms with Crippen molar-refractivity contribution in [1.29, 1.82) is 0 Å². The zero-order chi connectivity index (χ0) is 22.0. The lowest BCUT2D eigenvalue weighted by atomic mass is 9.45. The summed E-state index contributed by atoms with van der Waals surface area (Å²) in [5, 5.41) is 20.2. The fraction of sp³-hybridized carbons (Fsp3) is 0.931. The zero-order valence-electron chi connectivity index (χ0n) is 20.7. The van der Waals surface area contributed by atoms with Crippen LogP contribution in [-0.2, 0) is 0 Å². The highest BCUT2D eigenvalue weighted by atomic mass is 16.3. The van der Waals surface area contributed by atoms with Crippen LogP contribution >= 0.6 is 0 Å². The van der Waals surface area contributed by atoms with Gasteiger partial charge in [-0.3, -0.25) is 0 Å². The van der Waals surface area contributed by atoms with E-state index in [1.807, 2.05) is 0 Å². The lowest BCUT2D eigenvalue weighted by Crippen LogP contribution is -2.53. The van der Waals surface area contributed by atoms with Crippen molar-refractivity contribution < 1.29 is 10.2 Å². The lowest BCUT2D eigenvalue weighted by Gasteiger charge is -2.60. The molecule has 2 nitrogen and oxygen atoms in total. The molecule has 1 spiro atoms. The molecule has 0 unspecified atom stereocenters. The Hall–Kier alpha value is -0.340. The van der Waals surface area contributed by atoms with Gasteiger partial charge in [-0.15, -0.1) is 0 Å².